The van der Waals surface area contributed by atoms with Gasteiger partial charge in [-0.15, -0.1) is 0 Å². The van der Waals surface area contributed by atoms with E-state index in [1.54, 1.807) is 12.1 Å². The Morgan fingerprint density at radius 3 is 2.50 bits per heavy atom. The van der Waals surface area contributed by atoms with Gasteiger partial charge in [-0.25, -0.2) is 4.39 Å². The van der Waals surface area contributed by atoms with Crippen LogP contribution in [-0.2, 0) is 17.8 Å². The lowest BCUT2D eigenvalue weighted by Crippen LogP contribution is -2.28. The van der Waals surface area contributed by atoms with Crippen molar-refractivity contribution in [2.75, 3.05) is 6.54 Å². The second-order valence-electron chi connectivity index (χ2n) is 5.50. The van der Waals surface area contributed by atoms with Gasteiger partial charge in [0.2, 0.25) is 5.91 Å². The third kappa shape index (κ3) is 4.16. The predicted molar refractivity (Wildman–Crippen MR) is 84.2 cm³/mol. The zero-order valence-electron chi connectivity index (χ0n) is 13.3. The molecule has 4 nitrogen and oxygen atoms in total. The van der Waals surface area contributed by atoms with Gasteiger partial charge in [0.05, 0.1) is 12.2 Å². The van der Waals surface area contributed by atoms with Crippen molar-refractivity contribution in [3.05, 3.63) is 52.6 Å². The van der Waals surface area contributed by atoms with Crippen molar-refractivity contribution >= 4 is 5.91 Å². The number of nitrogens with one attached hydrogen (secondary N) is 1. The van der Waals surface area contributed by atoms with Crippen molar-refractivity contribution in [2.24, 2.45) is 0 Å². The molecule has 118 valence electrons. The Bertz CT molecular complexity index is 647. The maximum Gasteiger partial charge on any atom is 0.220 e. The number of benzene rings is 1. The van der Waals surface area contributed by atoms with Crippen molar-refractivity contribution < 1.29 is 9.18 Å². The van der Waals surface area contributed by atoms with Crippen LogP contribution in [0.2, 0.25) is 0 Å². The lowest BCUT2D eigenvalue weighted by atomic mass is 10.1. The van der Waals surface area contributed by atoms with Crippen LogP contribution in [0.4, 0.5) is 4.39 Å². The van der Waals surface area contributed by atoms with Gasteiger partial charge in [-0.3, -0.25) is 9.48 Å². The lowest BCUT2D eigenvalue weighted by Gasteiger charge is -2.07. The maximum atomic E-state index is 12.8. The van der Waals surface area contributed by atoms with Crippen molar-refractivity contribution in [1.29, 1.82) is 0 Å². The van der Waals surface area contributed by atoms with E-state index in [4.69, 9.17) is 0 Å². The van der Waals surface area contributed by atoms with Gasteiger partial charge in [0.15, 0.2) is 0 Å². The molecule has 2 aromatic rings. The number of carbonyl (C=O) groups excluding carboxylic acids is 1. The van der Waals surface area contributed by atoms with Crippen LogP contribution in [0.3, 0.4) is 0 Å². The summed E-state index contributed by atoms with van der Waals surface area (Å²) >= 11 is 0. The summed E-state index contributed by atoms with van der Waals surface area (Å²) in [4.78, 5) is 11.8. The fraction of sp³-hybridized carbons (Fsp3) is 0.412. The highest BCUT2D eigenvalue weighted by Gasteiger charge is 2.07. The Hall–Kier alpha value is -2.17. The Labute approximate surface area is 130 Å². The van der Waals surface area contributed by atoms with E-state index < -0.39 is 0 Å². The van der Waals surface area contributed by atoms with E-state index in [1.165, 1.54) is 17.7 Å². The summed E-state index contributed by atoms with van der Waals surface area (Å²) in [6.45, 7) is 7.30. The van der Waals surface area contributed by atoms with E-state index >= 15 is 0 Å². The molecule has 0 fully saturated rings. The van der Waals surface area contributed by atoms with Gasteiger partial charge in [0, 0.05) is 18.7 Å². The van der Waals surface area contributed by atoms with Crippen LogP contribution in [0, 0.1) is 26.6 Å². The third-order valence-electron chi connectivity index (χ3n) is 3.94. The highest BCUT2D eigenvalue weighted by Crippen LogP contribution is 2.10. The molecule has 1 N–H and O–H groups in total. The first-order chi connectivity index (χ1) is 10.5. The van der Waals surface area contributed by atoms with Gasteiger partial charge in [0.25, 0.3) is 0 Å². The number of hydrogen-bond donors (Lipinski definition) is 1. The molecule has 0 radical (unpaired) electrons. The van der Waals surface area contributed by atoms with Crippen molar-refractivity contribution in [2.45, 2.75) is 40.2 Å². The SMILES string of the molecule is Cc1nn(CCNC(=O)CCc2ccc(F)cc2)c(C)c1C. The lowest BCUT2D eigenvalue weighted by molar-refractivity contribution is -0.121. The minimum absolute atomic E-state index is 0.00239. The molecule has 1 aromatic carbocycles. The highest BCUT2D eigenvalue weighted by atomic mass is 19.1. The number of amides is 1. The first-order valence-electron chi connectivity index (χ1n) is 7.49. The normalized spacial score (nSPS) is 10.7. The van der Waals surface area contributed by atoms with Crippen LogP contribution < -0.4 is 5.32 Å². The maximum absolute atomic E-state index is 12.8. The van der Waals surface area contributed by atoms with Gasteiger partial charge < -0.3 is 5.32 Å². The van der Waals surface area contributed by atoms with Crippen LogP contribution in [-0.4, -0.2) is 22.2 Å². The van der Waals surface area contributed by atoms with Crippen LogP contribution in [0.25, 0.3) is 0 Å². The molecule has 22 heavy (non-hydrogen) atoms. The molecule has 1 heterocycles. The number of hydrogen-bond acceptors (Lipinski definition) is 2. The van der Waals surface area contributed by atoms with Gasteiger partial charge >= 0.3 is 0 Å². The average molecular weight is 303 g/mol. The fourth-order valence-corrected chi connectivity index (χ4v) is 2.30. The smallest absolute Gasteiger partial charge is 0.220 e. The Balaban J connectivity index is 1.73. The summed E-state index contributed by atoms with van der Waals surface area (Å²) in [7, 11) is 0. The molecule has 0 unspecified atom stereocenters. The summed E-state index contributed by atoms with van der Waals surface area (Å²) in [5.41, 5.74) is 4.33. The molecular formula is C17H22FN3O. The Kier molecular flexibility index (Phi) is 5.31. The monoisotopic (exact) mass is 303 g/mol. The molecule has 0 saturated carbocycles. The number of rotatable bonds is 6. The molecule has 2 rings (SSSR count). The summed E-state index contributed by atoms with van der Waals surface area (Å²) in [5.74, 6) is -0.254. The summed E-state index contributed by atoms with van der Waals surface area (Å²) in [6, 6.07) is 6.25. The van der Waals surface area contributed by atoms with Crippen molar-refractivity contribution in [1.82, 2.24) is 15.1 Å². The number of nitrogens with zero attached hydrogens (tertiary/aromatic N) is 2. The quantitative estimate of drug-likeness (QED) is 0.892. The molecular weight excluding hydrogens is 281 g/mol. The van der Waals surface area contributed by atoms with Crippen LogP contribution in [0.1, 0.15) is 28.9 Å². The molecule has 0 atom stereocenters. The topological polar surface area (TPSA) is 46.9 Å². The molecule has 0 bridgehead atoms. The Morgan fingerprint density at radius 1 is 1.23 bits per heavy atom. The molecule has 0 saturated heterocycles. The minimum Gasteiger partial charge on any atom is -0.354 e. The zero-order valence-corrected chi connectivity index (χ0v) is 13.3. The second-order valence-corrected chi connectivity index (χ2v) is 5.50. The first-order valence-corrected chi connectivity index (χ1v) is 7.49. The third-order valence-corrected chi connectivity index (χ3v) is 3.94. The van der Waals surface area contributed by atoms with Crippen LogP contribution >= 0.6 is 0 Å². The van der Waals surface area contributed by atoms with E-state index in [1.807, 2.05) is 18.5 Å². The number of halogens is 1. The fourth-order valence-electron chi connectivity index (χ4n) is 2.30. The predicted octanol–water partition coefficient (Wildman–Crippen LogP) is 2.70. The van der Waals surface area contributed by atoms with Gasteiger partial charge in [-0.05, 0) is 50.5 Å². The summed E-state index contributed by atoms with van der Waals surface area (Å²) in [6.07, 6.45) is 1.02. The van der Waals surface area contributed by atoms with Crippen LogP contribution in [0.15, 0.2) is 24.3 Å². The zero-order chi connectivity index (χ0) is 16.1. The highest BCUT2D eigenvalue weighted by molar-refractivity contribution is 5.76. The van der Waals surface area contributed by atoms with E-state index in [-0.39, 0.29) is 11.7 Å². The molecule has 0 aliphatic rings. The minimum atomic E-state index is -0.256. The van der Waals surface area contributed by atoms with E-state index in [0.717, 1.165) is 17.0 Å². The summed E-state index contributed by atoms with van der Waals surface area (Å²) < 4.78 is 14.7. The molecule has 1 aromatic heterocycles. The number of aromatic nitrogens is 2. The summed E-state index contributed by atoms with van der Waals surface area (Å²) in [5, 5.41) is 7.33. The van der Waals surface area contributed by atoms with E-state index in [2.05, 4.69) is 17.3 Å². The Morgan fingerprint density at radius 2 is 1.91 bits per heavy atom. The second kappa shape index (κ2) is 7.20. The van der Waals surface area contributed by atoms with Gasteiger partial charge in [-0.2, -0.15) is 5.10 Å². The van der Waals surface area contributed by atoms with Crippen molar-refractivity contribution in [3.8, 4) is 0 Å². The largest absolute Gasteiger partial charge is 0.354 e. The molecule has 0 aliphatic carbocycles. The molecule has 1 amide bonds. The standard InChI is InChI=1S/C17H22FN3O/c1-12-13(2)20-21(14(12)3)11-10-19-17(22)9-6-15-4-7-16(18)8-5-15/h4-5,7-8H,6,9-11H2,1-3H3,(H,19,22). The first kappa shape index (κ1) is 16.2. The van der Waals surface area contributed by atoms with Gasteiger partial charge in [-0.1, -0.05) is 12.1 Å². The molecule has 0 spiro atoms. The van der Waals surface area contributed by atoms with Crippen molar-refractivity contribution in [3.63, 3.8) is 0 Å². The van der Waals surface area contributed by atoms with E-state index in [0.29, 0.717) is 25.9 Å². The molecule has 5 heteroatoms. The van der Waals surface area contributed by atoms with Crippen LogP contribution in [0.5, 0.6) is 0 Å². The molecule has 0 aliphatic heterocycles. The van der Waals surface area contributed by atoms with Gasteiger partial charge in [0.1, 0.15) is 5.82 Å². The van der Waals surface area contributed by atoms with E-state index in [9.17, 15) is 9.18 Å². The number of aryl methyl sites for hydroxylation is 2. The average Bonchev–Trinajstić information content (AvgIpc) is 2.74. The number of carbonyl (C=O) groups is 1.